The Hall–Kier alpha value is -2.97. The first-order valence-corrected chi connectivity index (χ1v) is 12.7. The summed E-state index contributed by atoms with van der Waals surface area (Å²) in [6.07, 6.45) is 5.98. The van der Waals surface area contributed by atoms with Crippen molar-refractivity contribution in [1.29, 1.82) is 0 Å². The maximum absolute atomic E-state index is 13.0. The van der Waals surface area contributed by atoms with Crippen molar-refractivity contribution < 1.29 is 13.9 Å². The summed E-state index contributed by atoms with van der Waals surface area (Å²) < 4.78 is 16.7. The molecule has 2 aromatic heterocycles. The molecule has 2 aliphatic rings. The molecule has 0 N–H and O–H groups in total. The Balaban J connectivity index is 1.35. The van der Waals surface area contributed by atoms with Crippen LogP contribution in [-0.2, 0) is 11.2 Å². The Kier molecular flexibility index (Phi) is 7.29. The second-order valence-electron chi connectivity index (χ2n) is 9.39. The minimum absolute atomic E-state index is 0.301. The molecule has 2 aliphatic heterocycles. The van der Waals surface area contributed by atoms with Gasteiger partial charge in [-0.1, -0.05) is 6.92 Å². The van der Waals surface area contributed by atoms with Crippen molar-refractivity contribution in [3.63, 3.8) is 0 Å². The number of methoxy groups -OCH3 is 1. The fourth-order valence-electron chi connectivity index (χ4n) is 5.20. The largest absolute Gasteiger partial charge is 0.497 e. The number of nitrogens with zero attached hydrogens (tertiary/aromatic N) is 4. The van der Waals surface area contributed by atoms with Crippen LogP contribution in [0.5, 0.6) is 5.75 Å². The summed E-state index contributed by atoms with van der Waals surface area (Å²) in [7, 11) is 1.62. The van der Waals surface area contributed by atoms with Crippen molar-refractivity contribution in [3.8, 4) is 17.2 Å². The van der Waals surface area contributed by atoms with E-state index in [2.05, 4.69) is 14.8 Å². The Morgan fingerprint density at radius 1 is 1.14 bits per heavy atom. The van der Waals surface area contributed by atoms with Crippen molar-refractivity contribution >= 4 is 16.7 Å². The Bertz CT molecular complexity index is 1210. The minimum atomic E-state index is -0.374. The van der Waals surface area contributed by atoms with E-state index < -0.39 is 0 Å². The Morgan fingerprint density at radius 2 is 1.94 bits per heavy atom. The second-order valence-corrected chi connectivity index (χ2v) is 9.39. The van der Waals surface area contributed by atoms with Crippen molar-refractivity contribution in [2.45, 2.75) is 32.6 Å². The topological polar surface area (TPSA) is 80.9 Å². The summed E-state index contributed by atoms with van der Waals surface area (Å²) in [4.78, 5) is 27.2. The zero-order valence-electron chi connectivity index (χ0n) is 20.7. The normalized spacial score (nSPS) is 17.7. The maximum atomic E-state index is 13.0. The summed E-state index contributed by atoms with van der Waals surface area (Å²) in [6.45, 7) is 8.83. The van der Waals surface area contributed by atoms with Crippen LogP contribution in [0.3, 0.4) is 0 Å². The van der Waals surface area contributed by atoms with Gasteiger partial charge in [-0.3, -0.25) is 4.90 Å². The van der Waals surface area contributed by atoms with Crippen LogP contribution in [0.15, 0.2) is 39.7 Å². The molecule has 2 fully saturated rings. The summed E-state index contributed by atoms with van der Waals surface area (Å²) >= 11 is 0. The van der Waals surface area contributed by atoms with Crippen molar-refractivity contribution in [3.05, 3.63) is 46.4 Å². The molecule has 35 heavy (non-hydrogen) atoms. The van der Waals surface area contributed by atoms with Gasteiger partial charge in [-0.2, -0.15) is 0 Å². The smallest absolute Gasteiger partial charge is 0.347 e. The van der Waals surface area contributed by atoms with Gasteiger partial charge < -0.3 is 18.8 Å². The van der Waals surface area contributed by atoms with Crippen LogP contribution in [0.1, 0.15) is 31.7 Å². The van der Waals surface area contributed by atoms with Gasteiger partial charge in [0.15, 0.2) is 0 Å². The number of aromatic nitrogens is 2. The van der Waals surface area contributed by atoms with Crippen LogP contribution < -0.4 is 15.3 Å². The predicted molar refractivity (Wildman–Crippen MR) is 136 cm³/mol. The molecule has 8 nitrogen and oxygen atoms in total. The van der Waals surface area contributed by atoms with E-state index in [1.54, 1.807) is 19.4 Å². The molecule has 3 aromatic rings. The summed E-state index contributed by atoms with van der Waals surface area (Å²) in [5.74, 6) is 2.53. The maximum Gasteiger partial charge on any atom is 0.347 e. The molecular weight excluding hydrogens is 444 g/mol. The molecular formula is C27H34N4O4. The van der Waals surface area contributed by atoms with Crippen LogP contribution in [0.2, 0.25) is 0 Å². The lowest BCUT2D eigenvalue weighted by atomic mass is 9.93. The molecule has 2 saturated heterocycles. The van der Waals surface area contributed by atoms with Crippen molar-refractivity contribution in [2.24, 2.45) is 5.92 Å². The van der Waals surface area contributed by atoms with Gasteiger partial charge in [0.2, 0.25) is 5.89 Å². The number of fused-ring (bicyclic) bond motifs is 1. The average Bonchev–Trinajstić information content (AvgIpc) is 2.92. The molecule has 0 unspecified atom stereocenters. The molecule has 0 atom stereocenters. The highest BCUT2D eigenvalue weighted by molar-refractivity contribution is 5.84. The molecule has 186 valence electrons. The van der Waals surface area contributed by atoms with E-state index in [-0.39, 0.29) is 5.63 Å². The lowest BCUT2D eigenvalue weighted by Crippen LogP contribution is -2.39. The number of morpholine rings is 1. The fraction of sp³-hybridized carbons (Fsp3) is 0.519. The highest BCUT2D eigenvalue weighted by Gasteiger charge is 2.25. The number of aryl methyl sites for hydroxylation is 1. The van der Waals surface area contributed by atoms with Gasteiger partial charge in [0, 0.05) is 38.4 Å². The van der Waals surface area contributed by atoms with E-state index >= 15 is 0 Å². The summed E-state index contributed by atoms with van der Waals surface area (Å²) in [5.41, 5.74) is 1.84. The molecule has 0 radical (unpaired) electrons. The van der Waals surface area contributed by atoms with E-state index in [9.17, 15) is 4.79 Å². The Labute approximate surface area is 205 Å². The molecule has 1 aromatic carbocycles. The fourth-order valence-corrected chi connectivity index (χ4v) is 5.20. The van der Waals surface area contributed by atoms with Gasteiger partial charge in [-0.15, -0.1) is 0 Å². The zero-order chi connectivity index (χ0) is 24.2. The quantitative estimate of drug-likeness (QED) is 0.508. The third-order valence-corrected chi connectivity index (χ3v) is 7.29. The number of benzene rings is 1. The molecule has 0 bridgehead atoms. The standard InChI is InChI=1S/C27H34N4O4/c1-3-20-17-21(33-2)18-23-24(20)27(32)35-26(29-23)22-5-4-9-28-25(22)31-11-7-19(8-12-31)6-10-30-13-15-34-16-14-30/h4-5,9,17-19H,3,6-8,10-16H2,1-2H3. The van der Waals surface area contributed by atoms with Crippen LogP contribution in [0.4, 0.5) is 5.82 Å². The number of anilines is 1. The van der Waals surface area contributed by atoms with Crippen molar-refractivity contribution in [2.75, 3.05) is 57.9 Å². The Morgan fingerprint density at radius 3 is 2.69 bits per heavy atom. The zero-order valence-corrected chi connectivity index (χ0v) is 20.7. The van der Waals surface area contributed by atoms with E-state index in [0.29, 0.717) is 29.0 Å². The number of hydrogen-bond acceptors (Lipinski definition) is 8. The lowest BCUT2D eigenvalue weighted by molar-refractivity contribution is 0.0349. The van der Waals surface area contributed by atoms with Crippen LogP contribution >= 0.6 is 0 Å². The number of pyridine rings is 1. The predicted octanol–water partition coefficient (Wildman–Crippen LogP) is 3.76. The monoisotopic (exact) mass is 478 g/mol. The summed E-state index contributed by atoms with van der Waals surface area (Å²) in [5, 5.41) is 0.517. The van der Waals surface area contributed by atoms with Gasteiger partial charge in [0.25, 0.3) is 0 Å². The highest BCUT2D eigenvalue weighted by Crippen LogP contribution is 2.32. The van der Waals surface area contributed by atoms with Gasteiger partial charge in [0.05, 0.1) is 36.8 Å². The third-order valence-electron chi connectivity index (χ3n) is 7.29. The van der Waals surface area contributed by atoms with E-state index in [1.807, 2.05) is 25.1 Å². The summed E-state index contributed by atoms with van der Waals surface area (Å²) in [6, 6.07) is 7.47. The van der Waals surface area contributed by atoms with Crippen LogP contribution in [0, 0.1) is 5.92 Å². The SMILES string of the molecule is CCc1cc(OC)cc2nc(-c3cccnc3N3CCC(CCN4CCOCC4)CC3)oc(=O)c12. The van der Waals surface area contributed by atoms with Crippen LogP contribution in [-0.4, -0.2) is 67.9 Å². The van der Waals surface area contributed by atoms with Crippen molar-refractivity contribution in [1.82, 2.24) is 14.9 Å². The van der Waals surface area contributed by atoms with Gasteiger partial charge in [-0.25, -0.2) is 14.8 Å². The first-order chi connectivity index (χ1) is 17.2. The molecule has 0 amide bonds. The molecule has 0 spiro atoms. The van der Waals surface area contributed by atoms with Gasteiger partial charge in [0.1, 0.15) is 11.6 Å². The molecule has 0 saturated carbocycles. The molecule has 4 heterocycles. The molecule has 5 rings (SSSR count). The second kappa shape index (κ2) is 10.7. The van der Waals surface area contributed by atoms with E-state index in [4.69, 9.17) is 18.9 Å². The first-order valence-electron chi connectivity index (χ1n) is 12.7. The number of rotatable bonds is 7. The highest BCUT2D eigenvalue weighted by atomic mass is 16.5. The molecule has 8 heteroatoms. The first kappa shape index (κ1) is 23.8. The third kappa shape index (κ3) is 5.18. The van der Waals surface area contributed by atoms with E-state index in [0.717, 1.165) is 81.6 Å². The van der Waals surface area contributed by atoms with Gasteiger partial charge >= 0.3 is 5.63 Å². The lowest BCUT2D eigenvalue weighted by Gasteiger charge is -2.35. The van der Waals surface area contributed by atoms with Crippen LogP contribution in [0.25, 0.3) is 22.4 Å². The molecule has 0 aliphatic carbocycles. The number of ether oxygens (including phenoxy) is 2. The van der Waals surface area contributed by atoms with E-state index in [1.165, 1.54) is 6.42 Å². The average molecular weight is 479 g/mol. The number of piperidine rings is 1. The van der Waals surface area contributed by atoms with Gasteiger partial charge in [-0.05, 0) is 61.9 Å². The minimum Gasteiger partial charge on any atom is -0.497 e. The number of hydrogen-bond donors (Lipinski definition) is 0.